The van der Waals surface area contributed by atoms with Gasteiger partial charge in [-0.3, -0.25) is 0 Å². The van der Waals surface area contributed by atoms with Crippen LogP contribution in [-0.4, -0.2) is 24.7 Å². The van der Waals surface area contributed by atoms with E-state index in [0.29, 0.717) is 5.88 Å². The molecule has 132 valence electrons. The summed E-state index contributed by atoms with van der Waals surface area (Å²) in [5, 5.41) is 20.6. The van der Waals surface area contributed by atoms with E-state index in [1.54, 1.807) is 16.8 Å². The molecular formula is C20H19FN4O. The lowest BCUT2D eigenvalue weighted by atomic mass is 10.1. The van der Waals surface area contributed by atoms with Crippen LogP contribution in [0.1, 0.15) is 19.0 Å². The zero-order valence-electron chi connectivity index (χ0n) is 14.6. The summed E-state index contributed by atoms with van der Waals surface area (Å²) in [4.78, 5) is 0. The zero-order valence-corrected chi connectivity index (χ0v) is 14.6. The van der Waals surface area contributed by atoms with E-state index < -0.39 is 0 Å². The van der Waals surface area contributed by atoms with E-state index >= 15 is 0 Å². The van der Waals surface area contributed by atoms with E-state index in [-0.39, 0.29) is 5.82 Å². The lowest BCUT2D eigenvalue weighted by Gasteiger charge is -2.04. The topological polar surface area (TPSA) is 55.9 Å². The average molecular weight is 350 g/mol. The number of aromatic nitrogens is 4. The summed E-state index contributed by atoms with van der Waals surface area (Å²) in [5.41, 5.74) is 3.32. The van der Waals surface area contributed by atoms with Crippen LogP contribution in [-0.2, 0) is 6.54 Å². The molecule has 0 aliphatic carbocycles. The summed E-state index contributed by atoms with van der Waals surface area (Å²) >= 11 is 0. The predicted molar refractivity (Wildman–Crippen MR) is 98.9 cm³/mol. The minimum absolute atomic E-state index is 0.284. The van der Waals surface area contributed by atoms with Gasteiger partial charge in [-0.15, -0.1) is 5.10 Å². The molecule has 4 rings (SSSR count). The largest absolute Gasteiger partial charge is 0.494 e. The van der Waals surface area contributed by atoms with Crippen LogP contribution >= 0.6 is 0 Å². The highest BCUT2D eigenvalue weighted by molar-refractivity contribution is 5.91. The molecule has 0 unspecified atom stereocenters. The molecule has 2 aromatic heterocycles. The van der Waals surface area contributed by atoms with Gasteiger partial charge in [-0.25, -0.2) is 9.07 Å². The van der Waals surface area contributed by atoms with Crippen LogP contribution in [0.5, 0.6) is 5.88 Å². The number of rotatable bonds is 4. The Labute approximate surface area is 150 Å². The van der Waals surface area contributed by atoms with Gasteiger partial charge in [-0.2, -0.15) is 0 Å². The second kappa shape index (κ2) is 6.29. The Morgan fingerprint density at radius 2 is 1.88 bits per heavy atom. The normalized spacial score (nSPS) is 11.3. The van der Waals surface area contributed by atoms with Crippen molar-refractivity contribution in [1.29, 1.82) is 0 Å². The van der Waals surface area contributed by atoms with Gasteiger partial charge in [0.15, 0.2) is 5.88 Å². The molecule has 0 spiro atoms. The highest BCUT2D eigenvalue weighted by Gasteiger charge is 2.14. The maximum absolute atomic E-state index is 13.1. The van der Waals surface area contributed by atoms with Crippen molar-refractivity contribution in [3.05, 3.63) is 60.2 Å². The van der Waals surface area contributed by atoms with Gasteiger partial charge in [0.05, 0.1) is 11.4 Å². The quantitative estimate of drug-likeness (QED) is 0.591. The fourth-order valence-electron chi connectivity index (χ4n) is 3.24. The molecule has 0 bridgehead atoms. The molecule has 0 fully saturated rings. The van der Waals surface area contributed by atoms with Crippen LogP contribution in [0.3, 0.4) is 0 Å². The molecule has 0 aliphatic heterocycles. The Morgan fingerprint density at radius 3 is 2.62 bits per heavy atom. The molecule has 4 aromatic rings. The molecule has 1 N–H and O–H groups in total. The van der Waals surface area contributed by atoms with Crippen LogP contribution in [0.15, 0.2) is 48.7 Å². The van der Waals surface area contributed by atoms with Crippen molar-refractivity contribution >= 4 is 10.8 Å². The summed E-state index contributed by atoms with van der Waals surface area (Å²) in [6.07, 6.45) is 2.91. The van der Waals surface area contributed by atoms with Crippen molar-refractivity contribution < 1.29 is 9.50 Å². The number of nitrogens with zero attached hydrogens (tertiary/aromatic N) is 4. The Kier molecular flexibility index (Phi) is 3.95. The third-order valence-electron chi connectivity index (χ3n) is 4.56. The van der Waals surface area contributed by atoms with Gasteiger partial charge in [0, 0.05) is 29.1 Å². The lowest BCUT2D eigenvalue weighted by molar-refractivity contribution is 0.421. The van der Waals surface area contributed by atoms with Crippen LogP contribution < -0.4 is 0 Å². The fraction of sp³-hybridized carbons (Fsp3) is 0.200. The summed E-state index contributed by atoms with van der Waals surface area (Å²) in [6.45, 7) is 4.78. The highest BCUT2D eigenvalue weighted by Crippen LogP contribution is 2.32. The molecule has 0 amide bonds. The average Bonchev–Trinajstić information content (AvgIpc) is 3.16. The molecule has 0 saturated heterocycles. The molecule has 0 atom stereocenters. The number of benzene rings is 2. The van der Waals surface area contributed by atoms with E-state index in [1.807, 2.05) is 35.9 Å². The fourth-order valence-corrected chi connectivity index (χ4v) is 3.24. The van der Waals surface area contributed by atoms with Gasteiger partial charge < -0.3 is 9.67 Å². The Balaban J connectivity index is 1.77. The van der Waals surface area contributed by atoms with Crippen molar-refractivity contribution in [2.75, 3.05) is 0 Å². The van der Waals surface area contributed by atoms with E-state index in [2.05, 4.69) is 17.2 Å². The highest BCUT2D eigenvalue weighted by atomic mass is 19.1. The molecule has 5 nitrogen and oxygen atoms in total. The van der Waals surface area contributed by atoms with Gasteiger partial charge in [-0.1, -0.05) is 18.2 Å². The third kappa shape index (κ3) is 2.63. The molecule has 2 heterocycles. The Hall–Kier alpha value is -3.15. The number of halogens is 1. The van der Waals surface area contributed by atoms with Gasteiger partial charge in [-0.05, 0) is 49.7 Å². The van der Waals surface area contributed by atoms with E-state index in [9.17, 15) is 9.50 Å². The molecule has 0 saturated carbocycles. The number of hydrogen-bond donors (Lipinski definition) is 1. The first kappa shape index (κ1) is 16.3. The molecule has 6 heteroatoms. The van der Waals surface area contributed by atoms with Crippen molar-refractivity contribution in [2.45, 2.75) is 26.8 Å². The minimum atomic E-state index is -0.284. The first-order valence-corrected chi connectivity index (χ1v) is 8.59. The van der Waals surface area contributed by atoms with Crippen molar-refractivity contribution in [2.24, 2.45) is 0 Å². The summed E-state index contributed by atoms with van der Waals surface area (Å²) in [6, 6.07) is 12.0. The summed E-state index contributed by atoms with van der Waals surface area (Å²) in [5.74, 6) is 0.00804. The smallest absolute Gasteiger partial charge is 0.199 e. The lowest BCUT2D eigenvalue weighted by Crippen LogP contribution is -1.99. The van der Waals surface area contributed by atoms with Crippen LogP contribution in [0.4, 0.5) is 4.39 Å². The van der Waals surface area contributed by atoms with Crippen molar-refractivity contribution in [3.8, 4) is 22.8 Å². The van der Waals surface area contributed by atoms with E-state index in [4.69, 9.17) is 0 Å². The first-order chi connectivity index (χ1) is 12.6. The second-order valence-electron chi connectivity index (χ2n) is 6.36. The number of fused-ring (bicyclic) bond motifs is 1. The summed E-state index contributed by atoms with van der Waals surface area (Å²) in [7, 11) is 0. The van der Waals surface area contributed by atoms with Gasteiger partial charge >= 0.3 is 0 Å². The minimum Gasteiger partial charge on any atom is -0.494 e. The third-order valence-corrected chi connectivity index (χ3v) is 4.56. The van der Waals surface area contributed by atoms with Crippen LogP contribution in [0.25, 0.3) is 27.7 Å². The Morgan fingerprint density at radius 1 is 1.12 bits per heavy atom. The van der Waals surface area contributed by atoms with Gasteiger partial charge in [0.2, 0.25) is 0 Å². The number of aryl methyl sites for hydroxylation is 1. The maximum Gasteiger partial charge on any atom is 0.199 e. The van der Waals surface area contributed by atoms with E-state index in [0.717, 1.165) is 46.4 Å². The zero-order chi connectivity index (χ0) is 18.3. The number of aromatic hydroxyl groups is 1. The van der Waals surface area contributed by atoms with Crippen molar-refractivity contribution in [1.82, 2.24) is 19.6 Å². The van der Waals surface area contributed by atoms with Gasteiger partial charge in [0.1, 0.15) is 11.5 Å². The first-order valence-electron chi connectivity index (χ1n) is 8.59. The molecular weight excluding hydrogens is 331 g/mol. The predicted octanol–water partition coefficient (Wildman–Crippen LogP) is 4.45. The molecule has 26 heavy (non-hydrogen) atoms. The van der Waals surface area contributed by atoms with Crippen LogP contribution in [0.2, 0.25) is 0 Å². The Bertz CT molecular complexity index is 1080. The second-order valence-corrected chi connectivity index (χ2v) is 6.36. The molecule has 2 aromatic carbocycles. The SMILES string of the molecule is CCCn1cc2cc(-c3nnn(-c4ccc(F)cc4)c3C)ccc2c1O. The van der Waals surface area contributed by atoms with Gasteiger partial charge in [0.25, 0.3) is 0 Å². The monoisotopic (exact) mass is 350 g/mol. The summed E-state index contributed by atoms with van der Waals surface area (Å²) < 4.78 is 16.7. The number of hydrogen-bond acceptors (Lipinski definition) is 3. The van der Waals surface area contributed by atoms with Crippen molar-refractivity contribution in [3.63, 3.8) is 0 Å². The molecule has 0 radical (unpaired) electrons. The maximum atomic E-state index is 13.1. The van der Waals surface area contributed by atoms with Crippen LogP contribution in [0, 0.1) is 12.7 Å². The standard InChI is InChI=1S/C20H19FN4O/c1-3-10-24-12-15-11-14(4-9-18(15)20(24)26)19-13(2)25(23-22-19)17-7-5-16(21)6-8-17/h4-9,11-12,26H,3,10H2,1-2H3. The molecule has 0 aliphatic rings. The van der Waals surface area contributed by atoms with E-state index in [1.165, 1.54) is 12.1 Å².